The lowest BCUT2D eigenvalue weighted by molar-refractivity contribution is 0.466. The van der Waals surface area contributed by atoms with Crippen LogP contribution in [-0.4, -0.2) is 11.3 Å². The van der Waals surface area contributed by atoms with Crippen molar-refractivity contribution in [1.82, 2.24) is 0 Å². The van der Waals surface area contributed by atoms with Crippen molar-refractivity contribution >= 4 is 11.9 Å². The van der Waals surface area contributed by atoms with Crippen molar-refractivity contribution in [1.29, 1.82) is 0 Å². The van der Waals surface area contributed by atoms with Crippen molar-refractivity contribution < 1.29 is 18.3 Å². The lowest BCUT2D eigenvalue weighted by atomic mass is 10.0. The average Bonchev–Trinajstić information content (AvgIpc) is 2.46. The number of hydrogen-bond acceptors (Lipinski definition) is 2. The molecule has 0 radical (unpaired) electrons. The summed E-state index contributed by atoms with van der Waals surface area (Å²) in [7, 11) is 0. The van der Waals surface area contributed by atoms with Crippen molar-refractivity contribution in [2.24, 2.45) is 4.99 Å². The van der Waals surface area contributed by atoms with E-state index in [1.165, 1.54) is 6.21 Å². The SMILES string of the molecule is CCCCc1cccc(C=Nc2c(F)cc(F)cc2F)c1O. The van der Waals surface area contributed by atoms with Gasteiger partial charge in [-0.3, -0.25) is 0 Å². The zero-order chi connectivity index (χ0) is 16.1. The minimum Gasteiger partial charge on any atom is -0.507 e. The standard InChI is InChI=1S/C17H16F3NO/c1-2-3-5-11-6-4-7-12(17(11)22)10-21-16-14(19)8-13(18)9-15(16)20/h4,6-10,22H,2-3,5H2,1H3. The number of hydrogen-bond donors (Lipinski definition) is 1. The number of phenolic OH excluding ortho intramolecular Hbond substituents is 1. The van der Waals surface area contributed by atoms with Crippen LogP contribution >= 0.6 is 0 Å². The molecule has 0 aliphatic heterocycles. The third-order valence-electron chi connectivity index (χ3n) is 3.26. The highest BCUT2D eigenvalue weighted by Gasteiger charge is 2.11. The molecule has 0 saturated carbocycles. The summed E-state index contributed by atoms with van der Waals surface area (Å²) in [5, 5.41) is 10.1. The minimum absolute atomic E-state index is 0.0441. The predicted molar refractivity (Wildman–Crippen MR) is 80.3 cm³/mol. The minimum atomic E-state index is -1.09. The molecule has 0 unspecified atom stereocenters. The maximum atomic E-state index is 13.5. The summed E-state index contributed by atoms with van der Waals surface area (Å²) in [6.07, 6.45) is 3.80. The molecule has 22 heavy (non-hydrogen) atoms. The highest BCUT2D eigenvalue weighted by molar-refractivity contribution is 5.86. The van der Waals surface area contributed by atoms with Gasteiger partial charge >= 0.3 is 0 Å². The summed E-state index contributed by atoms with van der Waals surface area (Å²) >= 11 is 0. The maximum Gasteiger partial charge on any atom is 0.154 e. The van der Waals surface area contributed by atoms with Gasteiger partial charge in [0.15, 0.2) is 11.6 Å². The van der Waals surface area contributed by atoms with E-state index in [2.05, 4.69) is 4.99 Å². The maximum absolute atomic E-state index is 13.5. The van der Waals surface area contributed by atoms with E-state index in [-0.39, 0.29) is 5.75 Å². The normalized spacial score (nSPS) is 11.3. The molecule has 116 valence electrons. The first-order valence-electron chi connectivity index (χ1n) is 7.02. The summed E-state index contributed by atoms with van der Waals surface area (Å²) < 4.78 is 39.8. The van der Waals surface area contributed by atoms with Gasteiger partial charge in [0.05, 0.1) is 0 Å². The largest absolute Gasteiger partial charge is 0.507 e. The first-order chi connectivity index (χ1) is 10.5. The number of para-hydroxylation sites is 1. The van der Waals surface area contributed by atoms with E-state index in [9.17, 15) is 18.3 Å². The third kappa shape index (κ3) is 3.67. The van der Waals surface area contributed by atoms with Gasteiger partial charge in [-0.2, -0.15) is 0 Å². The van der Waals surface area contributed by atoms with Crippen LogP contribution in [0.15, 0.2) is 35.3 Å². The molecular formula is C17H16F3NO. The van der Waals surface area contributed by atoms with Gasteiger partial charge in [0.25, 0.3) is 0 Å². The van der Waals surface area contributed by atoms with Crippen LogP contribution in [0.2, 0.25) is 0 Å². The number of benzene rings is 2. The first-order valence-corrected chi connectivity index (χ1v) is 7.02. The summed E-state index contributed by atoms with van der Waals surface area (Å²) in [5.74, 6) is -3.13. The van der Waals surface area contributed by atoms with Crippen LogP contribution in [0.5, 0.6) is 5.75 Å². The molecule has 0 bridgehead atoms. The number of aryl methyl sites for hydroxylation is 1. The first kappa shape index (κ1) is 16.1. The molecule has 0 atom stereocenters. The number of halogens is 3. The Morgan fingerprint density at radius 2 is 1.82 bits per heavy atom. The molecule has 0 heterocycles. The number of rotatable bonds is 5. The van der Waals surface area contributed by atoms with Gasteiger partial charge in [-0.1, -0.05) is 25.5 Å². The molecule has 0 aromatic heterocycles. The van der Waals surface area contributed by atoms with Crippen LogP contribution in [0.4, 0.5) is 18.9 Å². The fourth-order valence-electron chi connectivity index (χ4n) is 2.08. The summed E-state index contributed by atoms with van der Waals surface area (Å²) in [6.45, 7) is 2.04. The Morgan fingerprint density at radius 3 is 2.45 bits per heavy atom. The number of nitrogens with zero attached hydrogens (tertiary/aromatic N) is 1. The van der Waals surface area contributed by atoms with Crippen LogP contribution in [0.3, 0.4) is 0 Å². The van der Waals surface area contributed by atoms with Gasteiger partial charge in [0.1, 0.15) is 17.3 Å². The highest BCUT2D eigenvalue weighted by Crippen LogP contribution is 2.26. The van der Waals surface area contributed by atoms with Crippen LogP contribution in [0.25, 0.3) is 0 Å². The van der Waals surface area contributed by atoms with Crippen molar-refractivity contribution in [3.05, 3.63) is 58.9 Å². The monoisotopic (exact) mass is 307 g/mol. The molecule has 1 N–H and O–H groups in total. The highest BCUT2D eigenvalue weighted by atomic mass is 19.1. The van der Waals surface area contributed by atoms with Crippen molar-refractivity contribution in [2.45, 2.75) is 26.2 Å². The van der Waals surface area contributed by atoms with Crippen LogP contribution in [-0.2, 0) is 6.42 Å². The predicted octanol–water partition coefficient (Wildman–Crippen LogP) is 4.90. The Bertz CT molecular complexity index is 675. The zero-order valence-electron chi connectivity index (χ0n) is 12.1. The smallest absolute Gasteiger partial charge is 0.154 e. The van der Waals surface area contributed by atoms with Gasteiger partial charge in [-0.15, -0.1) is 0 Å². The number of unbranched alkanes of at least 4 members (excludes halogenated alkanes) is 1. The van der Waals surface area contributed by atoms with Crippen molar-refractivity contribution in [3.63, 3.8) is 0 Å². The molecule has 0 fully saturated rings. The summed E-state index contributed by atoms with van der Waals surface area (Å²) in [6, 6.07) is 6.25. The Hall–Kier alpha value is -2.30. The Kier molecular flexibility index (Phi) is 5.20. The molecule has 5 heteroatoms. The van der Waals surface area contributed by atoms with Gasteiger partial charge in [-0.05, 0) is 24.5 Å². The van der Waals surface area contributed by atoms with Gasteiger partial charge < -0.3 is 5.11 Å². The van der Waals surface area contributed by atoms with Crippen LogP contribution < -0.4 is 0 Å². The van der Waals surface area contributed by atoms with E-state index in [0.29, 0.717) is 24.1 Å². The lowest BCUT2D eigenvalue weighted by Gasteiger charge is -2.06. The second kappa shape index (κ2) is 7.11. The Labute approximate surface area is 126 Å². The van der Waals surface area contributed by atoms with E-state index in [1.54, 1.807) is 18.2 Å². The van der Waals surface area contributed by atoms with Crippen molar-refractivity contribution in [3.8, 4) is 5.75 Å². The van der Waals surface area contributed by atoms with E-state index in [1.807, 2.05) is 6.92 Å². The van der Waals surface area contributed by atoms with Crippen LogP contribution in [0.1, 0.15) is 30.9 Å². The molecule has 2 aromatic rings. The molecule has 2 rings (SSSR count). The second-order valence-electron chi connectivity index (χ2n) is 4.93. The van der Waals surface area contributed by atoms with Crippen LogP contribution in [0, 0.1) is 17.5 Å². The zero-order valence-corrected chi connectivity index (χ0v) is 12.1. The fourth-order valence-corrected chi connectivity index (χ4v) is 2.08. The number of aromatic hydroxyl groups is 1. The van der Waals surface area contributed by atoms with Crippen molar-refractivity contribution in [2.75, 3.05) is 0 Å². The molecule has 0 amide bonds. The molecule has 2 aromatic carbocycles. The van der Waals surface area contributed by atoms with E-state index in [4.69, 9.17) is 0 Å². The third-order valence-corrected chi connectivity index (χ3v) is 3.26. The average molecular weight is 307 g/mol. The fraction of sp³-hybridized carbons (Fsp3) is 0.235. The molecular weight excluding hydrogens is 291 g/mol. The van der Waals surface area contributed by atoms with E-state index < -0.39 is 23.1 Å². The van der Waals surface area contributed by atoms with E-state index >= 15 is 0 Å². The summed E-state index contributed by atoms with van der Waals surface area (Å²) in [5.41, 5.74) is 0.530. The van der Waals surface area contributed by atoms with Gasteiger partial charge in [0, 0.05) is 23.9 Å². The van der Waals surface area contributed by atoms with E-state index in [0.717, 1.165) is 18.4 Å². The second-order valence-corrected chi connectivity index (χ2v) is 4.93. The molecule has 0 aliphatic rings. The lowest BCUT2D eigenvalue weighted by Crippen LogP contribution is -1.91. The Morgan fingerprint density at radius 1 is 1.14 bits per heavy atom. The van der Waals surface area contributed by atoms with Gasteiger partial charge in [0.2, 0.25) is 0 Å². The molecule has 0 saturated heterocycles. The molecule has 0 spiro atoms. The summed E-state index contributed by atoms with van der Waals surface area (Å²) in [4.78, 5) is 3.70. The van der Waals surface area contributed by atoms with Gasteiger partial charge in [-0.25, -0.2) is 18.2 Å². The molecule has 2 nitrogen and oxygen atoms in total. The quantitative estimate of drug-likeness (QED) is 0.783. The number of aliphatic imine (C=N–C) groups is 1. The topological polar surface area (TPSA) is 32.6 Å². The Balaban J connectivity index is 2.31. The number of phenols is 1. The molecule has 0 aliphatic carbocycles.